The van der Waals surface area contributed by atoms with Crippen LogP contribution >= 0.6 is 7.82 Å². The highest BCUT2D eigenvalue weighted by atomic mass is 31.2. The molecule has 7 heteroatoms. The van der Waals surface area contributed by atoms with E-state index >= 15 is 0 Å². The maximum absolute atomic E-state index is 10.7. The van der Waals surface area contributed by atoms with Crippen molar-refractivity contribution in [2.45, 2.75) is 32.8 Å². The van der Waals surface area contributed by atoms with Crippen LogP contribution in [0.5, 0.6) is 0 Å². The number of hydrogen-bond acceptors (Lipinski definition) is 4. The van der Waals surface area contributed by atoms with Crippen molar-refractivity contribution in [3.05, 3.63) is 0 Å². The molecule has 0 spiro atoms. The lowest BCUT2D eigenvalue weighted by Gasteiger charge is -2.15. The first-order valence-corrected chi connectivity index (χ1v) is 5.81. The lowest BCUT2D eigenvalue weighted by molar-refractivity contribution is -0.146. The molecule has 0 aliphatic carbocycles. The minimum atomic E-state index is -4.50. The largest absolute Gasteiger partial charge is 0.469 e. The topological polar surface area (TPSA) is 93.1 Å². The van der Waals surface area contributed by atoms with E-state index in [1.54, 1.807) is 13.8 Å². The van der Waals surface area contributed by atoms with Crippen molar-refractivity contribution >= 4 is 13.8 Å². The molecule has 0 aliphatic heterocycles. The van der Waals surface area contributed by atoms with Gasteiger partial charge in [-0.05, 0) is 6.42 Å². The summed E-state index contributed by atoms with van der Waals surface area (Å²) in [4.78, 5) is 27.7. The van der Waals surface area contributed by atoms with Crippen molar-refractivity contribution in [1.29, 1.82) is 0 Å². The normalized spacial score (nSPS) is 13.7. The van der Waals surface area contributed by atoms with E-state index in [0.717, 1.165) is 0 Å². The molecule has 0 radical (unpaired) electrons. The zero-order valence-corrected chi connectivity index (χ0v) is 9.07. The third-order valence-electron chi connectivity index (χ3n) is 1.46. The first-order chi connectivity index (χ1) is 6.39. The van der Waals surface area contributed by atoms with Gasteiger partial charge in [-0.1, -0.05) is 13.8 Å². The van der Waals surface area contributed by atoms with E-state index in [1.165, 1.54) is 0 Å². The first kappa shape index (κ1) is 13.6. The van der Waals surface area contributed by atoms with Crippen LogP contribution in [0.2, 0.25) is 0 Å². The van der Waals surface area contributed by atoms with Gasteiger partial charge >= 0.3 is 13.8 Å². The second-order valence-electron chi connectivity index (χ2n) is 2.66. The Morgan fingerprint density at radius 1 is 1.43 bits per heavy atom. The Hall–Kier alpha value is -0.420. The Labute approximate surface area is 82.5 Å². The second-order valence-corrected chi connectivity index (χ2v) is 3.85. The van der Waals surface area contributed by atoms with Gasteiger partial charge in [-0.25, -0.2) is 4.57 Å². The summed E-state index contributed by atoms with van der Waals surface area (Å²) in [5, 5.41) is 0. The molecule has 1 unspecified atom stereocenters. The zero-order valence-electron chi connectivity index (χ0n) is 8.17. The molecule has 0 fully saturated rings. The highest BCUT2D eigenvalue weighted by Crippen LogP contribution is 2.38. The SMILES string of the molecule is CCC(=O)OCC(CC)OP(=O)(O)O. The molecule has 0 saturated heterocycles. The quantitative estimate of drug-likeness (QED) is 0.514. The highest BCUT2D eigenvalue weighted by molar-refractivity contribution is 7.46. The summed E-state index contributed by atoms with van der Waals surface area (Å²) in [5.74, 6) is -0.419. The Morgan fingerprint density at radius 3 is 2.36 bits per heavy atom. The number of esters is 1. The van der Waals surface area contributed by atoms with Gasteiger partial charge in [0.15, 0.2) is 0 Å². The third-order valence-corrected chi connectivity index (χ3v) is 2.03. The van der Waals surface area contributed by atoms with Gasteiger partial charge in [-0.3, -0.25) is 9.32 Å². The van der Waals surface area contributed by atoms with Crippen molar-refractivity contribution in [3.8, 4) is 0 Å². The molecule has 0 heterocycles. The molecular weight excluding hydrogens is 211 g/mol. The van der Waals surface area contributed by atoms with E-state index in [2.05, 4.69) is 9.26 Å². The molecule has 0 aromatic carbocycles. The standard InChI is InChI=1S/C7H15O6P/c1-3-6(13-14(9,10)11)5-12-7(8)4-2/h6H,3-5H2,1-2H3,(H2,9,10,11). The van der Waals surface area contributed by atoms with Gasteiger partial charge in [-0.2, -0.15) is 0 Å². The first-order valence-electron chi connectivity index (χ1n) is 4.28. The number of carbonyl (C=O) groups is 1. The molecule has 0 aromatic rings. The van der Waals surface area contributed by atoms with Gasteiger partial charge in [-0.15, -0.1) is 0 Å². The monoisotopic (exact) mass is 226 g/mol. The van der Waals surface area contributed by atoms with Gasteiger partial charge in [0.05, 0.1) is 0 Å². The number of rotatable bonds is 6. The highest BCUT2D eigenvalue weighted by Gasteiger charge is 2.21. The van der Waals surface area contributed by atoms with Gasteiger partial charge in [0.1, 0.15) is 12.7 Å². The average molecular weight is 226 g/mol. The molecule has 14 heavy (non-hydrogen) atoms. The summed E-state index contributed by atoms with van der Waals surface area (Å²) in [6, 6.07) is 0. The van der Waals surface area contributed by atoms with Crippen LogP contribution in [0.25, 0.3) is 0 Å². The zero-order chi connectivity index (χ0) is 11.2. The van der Waals surface area contributed by atoms with Crippen molar-refractivity contribution in [1.82, 2.24) is 0 Å². The second kappa shape index (κ2) is 6.14. The van der Waals surface area contributed by atoms with E-state index < -0.39 is 19.9 Å². The molecule has 0 bridgehead atoms. The number of carbonyl (C=O) groups excluding carboxylic acids is 1. The van der Waals surface area contributed by atoms with E-state index in [1.807, 2.05) is 0 Å². The maximum atomic E-state index is 10.7. The number of phosphoric ester groups is 1. The van der Waals surface area contributed by atoms with Crippen LogP contribution in [0.3, 0.4) is 0 Å². The van der Waals surface area contributed by atoms with Crippen LogP contribution in [0.1, 0.15) is 26.7 Å². The molecule has 0 aliphatic rings. The summed E-state index contributed by atoms with van der Waals surface area (Å²) in [5.41, 5.74) is 0. The minimum Gasteiger partial charge on any atom is -0.463 e. The number of hydrogen-bond donors (Lipinski definition) is 2. The Balaban J connectivity index is 3.92. The molecule has 1 atom stereocenters. The maximum Gasteiger partial charge on any atom is 0.469 e. The predicted molar refractivity (Wildman–Crippen MR) is 48.5 cm³/mol. The van der Waals surface area contributed by atoms with Gasteiger partial charge in [0.25, 0.3) is 0 Å². The molecule has 2 N–H and O–H groups in total. The van der Waals surface area contributed by atoms with Crippen LogP contribution in [-0.2, 0) is 18.6 Å². The van der Waals surface area contributed by atoms with Gasteiger partial charge in [0, 0.05) is 6.42 Å². The summed E-state index contributed by atoms with van der Waals surface area (Å²) in [6.07, 6.45) is -0.166. The molecule has 0 amide bonds. The van der Waals surface area contributed by atoms with Crippen LogP contribution in [0.15, 0.2) is 0 Å². The van der Waals surface area contributed by atoms with Crippen LogP contribution in [0, 0.1) is 0 Å². The van der Waals surface area contributed by atoms with Crippen LogP contribution in [0.4, 0.5) is 0 Å². The Bertz CT molecular complexity index is 222. The summed E-state index contributed by atoms with van der Waals surface area (Å²) < 4.78 is 19.5. The number of phosphoric acid groups is 1. The summed E-state index contributed by atoms with van der Waals surface area (Å²) >= 11 is 0. The van der Waals surface area contributed by atoms with Gasteiger partial charge < -0.3 is 14.5 Å². The van der Waals surface area contributed by atoms with E-state index in [0.29, 0.717) is 6.42 Å². The number of ether oxygens (including phenoxy) is 1. The molecule has 0 aromatic heterocycles. The predicted octanol–water partition coefficient (Wildman–Crippen LogP) is 0.827. The fourth-order valence-corrected chi connectivity index (χ4v) is 1.30. The summed E-state index contributed by atoms with van der Waals surface area (Å²) in [6.45, 7) is 3.18. The lowest BCUT2D eigenvalue weighted by atomic mass is 10.3. The van der Waals surface area contributed by atoms with Crippen LogP contribution in [-0.4, -0.2) is 28.5 Å². The smallest absolute Gasteiger partial charge is 0.463 e. The molecule has 6 nitrogen and oxygen atoms in total. The fourth-order valence-electron chi connectivity index (χ4n) is 0.705. The van der Waals surface area contributed by atoms with Crippen molar-refractivity contribution in [2.24, 2.45) is 0 Å². The molecular formula is C7H15O6P. The molecule has 0 saturated carbocycles. The Kier molecular flexibility index (Phi) is 5.95. The minimum absolute atomic E-state index is 0.131. The molecule has 84 valence electrons. The molecule has 0 rings (SSSR count). The van der Waals surface area contributed by atoms with E-state index in [9.17, 15) is 9.36 Å². The Morgan fingerprint density at radius 2 is 2.00 bits per heavy atom. The van der Waals surface area contributed by atoms with Crippen molar-refractivity contribution in [3.63, 3.8) is 0 Å². The van der Waals surface area contributed by atoms with Crippen molar-refractivity contribution < 1.29 is 28.4 Å². The van der Waals surface area contributed by atoms with E-state index in [4.69, 9.17) is 9.79 Å². The summed E-state index contributed by atoms with van der Waals surface area (Å²) in [7, 11) is -4.50. The lowest BCUT2D eigenvalue weighted by Crippen LogP contribution is -2.20. The fraction of sp³-hybridized carbons (Fsp3) is 0.857. The van der Waals surface area contributed by atoms with Gasteiger partial charge in [0.2, 0.25) is 0 Å². The van der Waals surface area contributed by atoms with E-state index in [-0.39, 0.29) is 13.0 Å². The average Bonchev–Trinajstić information content (AvgIpc) is 2.09. The van der Waals surface area contributed by atoms with Crippen LogP contribution < -0.4 is 0 Å². The van der Waals surface area contributed by atoms with Crippen molar-refractivity contribution in [2.75, 3.05) is 6.61 Å². The third kappa shape index (κ3) is 7.03.